The number of aromatic nitrogens is 2. The molecule has 0 aliphatic carbocycles. The van der Waals surface area contributed by atoms with Crippen molar-refractivity contribution in [2.45, 2.75) is 19.8 Å². The molecule has 88 valence electrons. The van der Waals surface area contributed by atoms with E-state index in [1.807, 2.05) is 0 Å². The minimum Gasteiger partial charge on any atom is -0.316 e. The van der Waals surface area contributed by atoms with E-state index in [-0.39, 0.29) is 0 Å². The van der Waals surface area contributed by atoms with E-state index in [0.29, 0.717) is 0 Å². The van der Waals surface area contributed by atoms with Crippen LogP contribution >= 0.6 is 27.3 Å². The Hall–Kier alpha value is -0.940. The van der Waals surface area contributed by atoms with Crippen molar-refractivity contribution in [3.05, 3.63) is 33.2 Å². The van der Waals surface area contributed by atoms with E-state index in [1.54, 1.807) is 11.3 Å². The molecule has 2 heterocycles. The van der Waals surface area contributed by atoms with Crippen molar-refractivity contribution in [1.82, 2.24) is 10.2 Å². The van der Waals surface area contributed by atoms with E-state index in [0.717, 1.165) is 22.0 Å². The molecule has 1 aromatic heterocycles. The maximum Gasteiger partial charge on any atom is 0.213 e. The maximum absolute atomic E-state index is 4.21. The number of hydrogen-bond donors (Lipinski definition) is 0. The number of nitrogens with zero attached hydrogens (tertiary/aromatic N) is 3. The molecule has 3 rings (SSSR count). The van der Waals surface area contributed by atoms with Crippen molar-refractivity contribution in [1.29, 1.82) is 0 Å². The maximum atomic E-state index is 4.21. The Balaban J connectivity index is 2.05. The number of fused-ring (bicyclic) bond motifs is 1. The second kappa shape index (κ2) is 4.38. The smallest absolute Gasteiger partial charge is 0.213 e. The molecule has 1 aliphatic rings. The normalized spacial score (nSPS) is 14.8. The van der Waals surface area contributed by atoms with Crippen molar-refractivity contribution in [2.75, 3.05) is 11.4 Å². The van der Waals surface area contributed by atoms with Gasteiger partial charge in [-0.2, -0.15) is 0 Å². The molecule has 0 spiro atoms. The second-order valence-corrected chi connectivity index (χ2v) is 6.46. The van der Waals surface area contributed by atoms with Crippen LogP contribution in [0.3, 0.4) is 0 Å². The van der Waals surface area contributed by atoms with E-state index in [1.165, 1.54) is 23.2 Å². The third-order valence-electron chi connectivity index (χ3n) is 2.97. The van der Waals surface area contributed by atoms with Crippen LogP contribution in [-0.2, 0) is 6.42 Å². The van der Waals surface area contributed by atoms with Crippen LogP contribution in [-0.4, -0.2) is 16.7 Å². The van der Waals surface area contributed by atoms with Gasteiger partial charge in [0.15, 0.2) is 3.92 Å². The zero-order valence-electron chi connectivity index (χ0n) is 9.48. The van der Waals surface area contributed by atoms with E-state index in [4.69, 9.17) is 0 Å². The van der Waals surface area contributed by atoms with Crippen LogP contribution in [0.1, 0.15) is 17.5 Å². The van der Waals surface area contributed by atoms with Crippen molar-refractivity contribution in [3.63, 3.8) is 0 Å². The molecule has 1 aliphatic heterocycles. The third-order valence-corrected chi connectivity index (χ3v) is 4.35. The number of benzene rings is 1. The average molecular weight is 310 g/mol. The lowest BCUT2D eigenvalue weighted by Gasteiger charge is -2.28. The lowest BCUT2D eigenvalue weighted by molar-refractivity contribution is 0.760. The highest BCUT2D eigenvalue weighted by Crippen LogP contribution is 2.36. The van der Waals surface area contributed by atoms with Crippen LogP contribution in [0.2, 0.25) is 0 Å². The Morgan fingerprint density at radius 2 is 2.24 bits per heavy atom. The molecule has 2 aromatic rings. The number of aryl methyl sites for hydroxylation is 2. The van der Waals surface area contributed by atoms with Gasteiger partial charge in [0.2, 0.25) is 5.13 Å². The van der Waals surface area contributed by atoms with Crippen molar-refractivity contribution >= 4 is 38.1 Å². The Morgan fingerprint density at radius 3 is 3.00 bits per heavy atom. The van der Waals surface area contributed by atoms with Crippen LogP contribution in [0.15, 0.2) is 22.1 Å². The van der Waals surface area contributed by atoms with Crippen LogP contribution in [0.5, 0.6) is 0 Å². The summed E-state index contributed by atoms with van der Waals surface area (Å²) in [5, 5.41) is 9.21. The van der Waals surface area contributed by atoms with Gasteiger partial charge in [0.05, 0.1) is 0 Å². The van der Waals surface area contributed by atoms with E-state index in [9.17, 15) is 0 Å². The van der Waals surface area contributed by atoms with Crippen molar-refractivity contribution in [2.24, 2.45) is 0 Å². The fraction of sp³-hybridized carbons (Fsp3) is 0.333. The van der Waals surface area contributed by atoms with Gasteiger partial charge in [0.25, 0.3) is 0 Å². The molecule has 0 unspecified atom stereocenters. The first-order valence-corrected chi connectivity index (χ1v) is 7.21. The number of hydrogen-bond acceptors (Lipinski definition) is 4. The number of halogens is 1. The zero-order chi connectivity index (χ0) is 11.8. The molecular formula is C12H12BrN3S. The van der Waals surface area contributed by atoms with Crippen LogP contribution < -0.4 is 4.90 Å². The quantitative estimate of drug-likeness (QED) is 0.804. The average Bonchev–Trinajstić information content (AvgIpc) is 2.74. The summed E-state index contributed by atoms with van der Waals surface area (Å²) in [5.74, 6) is 0. The van der Waals surface area contributed by atoms with Crippen molar-refractivity contribution < 1.29 is 0 Å². The van der Waals surface area contributed by atoms with Gasteiger partial charge < -0.3 is 4.90 Å². The first-order valence-electron chi connectivity index (χ1n) is 5.60. The van der Waals surface area contributed by atoms with Crippen LogP contribution in [0.25, 0.3) is 0 Å². The molecule has 0 saturated heterocycles. The van der Waals surface area contributed by atoms with Gasteiger partial charge in [-0.15, -0.1) is 10.2 Å². The first-order chi connectivity index (χ1) is 8.24. The van der Waals surface area contributed by atoms with Gasteiger partial charge in [-0.25, -0.2) is 0 Å². The van der Waals surface area contributed by atoms with Crippen LogP contribution in [0, 0.1) is 6.92 Å². The summed E-state index contributed by atoms with van der Waals surface area (Å²) in [7, 11) is 0. The summed E-state index contributed by atoms with van der Waals surface area (Å²) in [6, 6.07) is 6.63. The summed E-state index contributed by atoms with van der Waals surface area (Å²) in [5.41, 5.74) is 4.03. The summed E-state index contributed by atoms with van der Waals surface area (Å²) >= 11 is 4.95. The SMILES string of the molecule is Cc1ccc2c(c1)CCCN2c1nnc(Br)s1. The van der Waals surface area contributed by atoms with E-state index >= 15 is 0 Å². The highest BCUT2D eigenvalue weighted by atomic mass is 79.9. The lowest BCUT2D eigenvalue weighted by Crippen LogP contribution is -2.24. The first kappa shape index (κ1) is 11.2. The third kappa shape index (κ3) is 2.09. The fourth-order valence-corrected chi connectivity index (χ4v) is 3.36. The van der Waals surface area contributed by atoms with Gasteiger partial charge in [-0.3, -0.25) is 0 Å². The van der Waals surface area contributed by atoms with E-state index < -0.39 is 0 Å². The highest BCUT2D eigenvalue weighted by Gasteiger charge is 2.20. The van der Waals surface area contributed by atoms with Gasteiger partial charge in [0, 0.05) is 12.2 Å². The highest BCUT2D eigenvalue weighted by molar-refractivity contribution is 9.11. The summed E-state index contributed by atoms with van der Waals surface area (Å²) < 4.78 is 0.840. The Morgan fingerprint density at radius 1 is 1.35 bits per heavy atom. The Labute approximate surface area is 113 Å². The largest absolute Gasteiger partial charge is 0.316 e. The van der Waals surface area contributed by atoms with Gasteiger partial charge in [-0.1, -0.05) is 29.0 Å². The Kier molecular flexibility index (Phi) is 2.88. The minimum atomic E-state index is 0.840. The Bertz CT molecular complexity index is 552. The fourth-order valence-electron chi connectivity index (χ4n) is 2.23. The molecule has 0 atom stereocenters. The molecule has 0 N–H and O–H groups in total. The summed E-state index contributed by atoms with van der Waals surface area (Å²) in [6.45, 7) is 3.17. The minimum absolute atomic E-state index is 0.840. The zero-order valence-corrected chi connectivity index (χ0v) is 11.9. The predicted octanol–water partition coefficient (Wildman–Crippen LogP) is 3.69. The topological polar surface area (TPSA) is 29.0 Å². The molecule has 5 heteroatoms. The van der Waals surface area contributed by atoms with Gasteiger partial charge in [0.1, 0.15) is 0 Å². The van der Waals surface area contributed by atoms with E-state index in [2.05, 4.69) is 56.2 Å². The predicted molar refractivity (Wildman–Crippen MR) is 74.1 cm³/mol. The molecule has 0 amide bonds. The van der Waals surface area contributed by atoms with Crippen molar-refractivity contribution in [3.8, 4) is 0 Å². The summed E-state index contributed by atoms with van der Waals surface area (Å²) in [6.07, 6.45) is 2.33. The molecule has 0 radical (unpaired) electrons. The number of anilines is 2. The molecule has 3 nitrogen and oxygen atoms in total. The molecular weight excluding hydrogens is 298 g/mol. The lowest BCUT2D eigenvalue weighted by atomic mass is 10.0. The molecule has 17 heavy (non-hydrogen) atoms. The molecule has 1 aromatic carbocycles. The molecule has 0 saturated carbocycles. The molecule has 0 bridgehead atoms. The molecule has 0 fully saturated rings. The van der Waals surface area contributed by atoms with Crippen LogP contribution in [0.4, 0.5) is 10.8 Å². The standard InChI is InChI=1S/C12H12BrN3S/c1-8-4-5-10-9(7-8)3-2-6-16(10)12-15-14-11(13)17-12/h4-5,7H,2-3,6H2,1H3. The van der Waals surface area contributed by atoms with Gasteiger partial charge >= 0.3 is 0 Å². The van der Waals surface area contributed by atoms with Gasteiger partial charge in [-0.05, 0) is 47.3 Å². The number of rotatable bonds is 1. The summed E-state index contributed by atoms with van der Waals surface area (Å²) in [4.78, 5) is 2.26. The second-order valence-electron chi connectivity index (χ2n) is 4.22. The monoisotopic (exact) mass is 309 g/mol.